The van der Waals surface area contributed by atoms with Gasteiger partial charge in [-0.2, -0.15) is 0 Å². The number of imidazole rings is 1. The van der Waals surface area contributed by atoms with Crippen LogP contribution in [-0.2, 0) is 6.54 Å². The van der Waals surface area contributed by atoms with Crippen LogP contribution in [0.15, 0.2) is 64.6 Å². The fourth-order valence-corrected chi connectivity index (χ4v) is 2.60. The number of nitrogens with zero attached hydrogens (tertiary/aromatic N) is 3. The number of aromatic amines is 1. The second-order valence-electron chi connectivity index (χ2n) is 5.53. The molecule has 0 saturated heterocycles. The third kappa shape index (κ3) is 2.80. The SMILES string of the molecule is O=C(NCc1cn2ccc(=O)cc2[nH]1)c1cc(=O)n2ccccc2n1. The van der Waals surface area contributed by atoms with E-state index in [-0.39, 0.29) is 23.2 Å². The molecule has 0 fully saturated rings. The summed E-state index contributed by atoms with van der Waals surface area (Å²) in [5.41, 5.74) is 1.40. The molecule has 0 saturated carbocycles. The third-order valence-electron chi connectivity index (χ3n) is 3.78. The first kappa shape index (κ1) is 14.9. The molecule has 1 amide bonds. The van der Waals surface area contributed by atoms with Crippen molar-refractivity contribution in [2.75, 3.05) is 0 Å². The number of amides is 1. The van der Waals surface area contributed by atoms with Crippen molar-refractivity contribution in [3.63, 3.8) is 0 Å². The number of H-pyrrole nitrogens is 1. The van der Waals surface area contributed by atoms with E-state index < -0.39 is 5.91 Å². The Labute approximate surface area is 140 Å². The lowest BCUT2D eigenvalue weighted by molar-refractivity contribution is 0.0945. The molecule has 0 bridgehead atoms. The van der Waals surface area contributed by atoms with Crippen LogP contribution >= 0.6 is 0 Å². The van der Waals surface area contributed by atoms with Crippen LogP contribution in [0, 0.1) is 0 Å². The fraction of sp³-hybridized carbons (Fsp3) is 0.0588. The number of pyridine rings is 2. The Bertz CT molecular complexity index is 1220. The summed E-state index contributed by atoms with van der Waals surface area (Å²) in [6, 6.07) is 9.25. The number of hydrogen-bond acceptors (Lipinski definition) is 4. The average molecular weight is 335 g/mol. The number of hydrogen-bond donors (Lipinski definition) is 2. The highest BCUT2D eigenvalue weighted by Crippen LogP contribution is 2.03. The van der Waals surface area contributed by atoms with E-state index in [9.17, 15) is 14.4 Å². The van der Waals surface area contributed by atoms with Gasteiger partial charge in [-0.25, -0.2) is 4.98 Å². The standard InChI is InChI=1S/C17H13N5O3/c23-12-4-6-21-10-11(19-15(21)7-12)9-18-17(25)13-8-16(24)22-5-2-1-3-14(22)20-13/h1-8,10,19H,9H2,(H,18,25). The Morgan fingerprint density at radius 1 is 1.16 bits per heavy atom. The Kier molecular flexibility index (Phi) is 3.42. The van der Waals surface area contributed by atoms with Gasteiger partial charge < -0.3 is 14.7 Å². The van der Waals surface area contributed by atoms with E-state index >= 15 is 0 Å². The quantitative estimate of drug-likeness (QED) is 0.571. The predicted octanol–water partition coefficient (Wildman–Crippen LogP) is 0.565. The predicted molar refractivity (Wildman–Crippen MR) is 90.6 cm³/mol. The van der Waals surface area contributed by atoms with E-state index in [1.165, 1.54) is 22.6 Å². The number of carbonyl (C=O) groups excluding carboxylic acids is 1. The van der Waals surface area contributed by atoms with Crippen molar-refractivity contribution in [2.24, 2.45) is 0 Å². The Morgan fingerprint density at radius 2 is 2.04 bits per heavy atom. The topological polar surface area (TPSA) is 101 Å². The molecule has 0 aliphatic carbocycles. The molecule has 0 atom stereocenters. The van der Waals surface area contributed by atoms with E-state index in [4.69, 9.17) is 0 Å². The zero-order valence-corrected chi connectivity index (χ0v) is 13.0. The molecule has 4 rings (SSSR count). The van der Waals surface area contributed by atoms with Crippen molar-refractivity contribution in [2.45, 2.75) is 6.54 Å². The smallest absolute Gasteiger partial charge is 0.270 e. The Morgan fingerprint density at radius 3 is 2.92 bits per heavy atom. The molecule has 8 nitrogen and oxygen atoms in total. The summed E-state index contributed by atoms with van der Waals surface area (Å²) in [6.07, 6.45) is 5.02. The minimum atomic E-state index is -0.448. The molecule has 4 aromatic rings. The maximum atomic E-state index is 12.3. The van der Waals surface area contributed by atoms with Gasteiger partial charge in [-0.15, -0.1) is 0 Å². The maximum Gasteiger partial charge on any atom is 0.270 e. The maximum absolute atomic E-state index is 12.3. The highest BCUT2D eigenvalue weighted by molar-refractivity contribution is 5.92. The van der Waals surface area contributed by atoms with Gasteiger partial charge in [0.25, 0.3) is 11.5 Å². The molecule has 0 spiro atoms. The molecule has 0 aliphatic heterocycles. The molecular formula is C17H13N5O3. The third-order valence-corrected chi connectivity index (χ3v) is 3.78. The van der Waals surface area contributed by atoms with Gasteiger partial charge in [-0.05, 0) is 12.1 Å². The Hall–Kier alpha value is -3.68. The summed E-state index contributed by atoms with van der Waals surface area (Å²) in [4.78, 5) is 42.9. The number of nitrogens with one attached hydrogen (secondary N) is 2. The highest BCUT2D eigenvalue weighted by atomic mass is 16.2. The molecule has 0 aromatic carbocycles. The zero-order valence-electron chi connectivity index (χ0n) is 13.0. The van der Waals surface area contributed by atoms with Crippen molar-refractivity contribution in [3.8, 4) is 0 Å². The molecule has 8 heteroatoms. The van der Waals surface area contributed by atoms with Crippen molar-refractivity contribution >= 4 is 17.2 Å². The molecule has 0 radical (unpaired) electrons. The fourth-order valence-electron chi connectivity index (χ4n) is 2.60. The van der Waals surface area contributed by atoms with Gasteiger partial charge in [0.05, 0.1) is 12.2 Å². The van der Waals surface area contributed by atoms with Gasteiger partial charge in [-0.3, -0.25) is 18.8 Å². The van der Waals surface area contributed by atoms with Gasteiger partial charge in [0, 0.05) is 36.8 Å². The lowest BCUT2D eigenvalue weighted by atomic mass is 10.3. The van der Waals surface area contributed by atoms with Gasteiger partial charge in [0.15, 0.2) is 5.43 Å². The minimum Gasteiger partial charge on any atom is -0.345 e. The van der Waals surface area contributed by atoms with E-state index in [0.29, 0.717) is 11.3 Å². The van der Waals surface area contributed by atoms with Crippen molar-refractivity contribution < 1.29 is 4.79 Å². The number of carbonyl (C=O) groups is 1. The first-order valence-corrected chi connectivity index (χ1v) is 7.57. The minimum absolute atomic E-state index is 0.0572. The second-order valence-corrected chi connectivity index (χ2v) is 5.53. The van der Waals surface area contributed by atoms with E-state index in [0.717, 1.165) is 5.69 Å². The molecule has 124 valence electrons. The van der Waals surface area contributed by atoms with Crippen LogP contribution in [0.25, 0.3) is 11.3 Å². The summed E-state index contributed by atoms with van der Waals surface area (Å²) in [7, 11) is 0. The van der Waals surface area contributed by atoms with Gasteiger partial charge in [0.1, 0.15) is 17.0 Å². The lowest BCUT2D eigenvalue weighted by Crippen LogP contribution is -2.27. The average Bonchev–Trinajstić information content (AvgIpc) is 3.01. The number of aromatic nitrogens is 4. The monoisotopic (exact) mass is 335 g/mol. The van der Waals surface area contributed by atoms with Gasteiger partial charge in [-0.1, -0.05) is 6.07 Å². The molecule has 0 unspecified atom stereocenters. The molecule has 25 heavy (non-hydrogen) atoms. The normalized spacial score (nSPS) is 11.0. The van der Waals surface area contributed by atoms with Crippen molar-refractivity contribution in [1.29, 1.82) is 0 Å². The summed E-state index contributed by atoms with van der Waals surface area (Å²) < 4.78 is 3.12. The lowest BCUT2D eigenvalue weighted by Gasteiger charge is -2.04. The van der Waals surface area contributed by atoms with Gasteiger partial charge in [0.2, 0.25) is 0 Å². The van der Waals surface area contributed by atoms with Crippen LogP contribution < -0.4 is 16.3 Å². The summed E-state index contributed by atoms with van der Waals surface area (Å²) in [5, 5.41) is 2.71. The second kappa shape index (κ2) is 5.75. The van der Waals surface area contributed by atoms with Gasteiger partial charge >= 0.3 is 0 Å². The molecule has 4 heterocycles. The summed E-state index contributed by atoms with van der Waals surface area (Å²) in [6.45, 7) is 0.213. The van der Waals surface area contributed by atoms with Crippen LogP contribution in [-0.4, -0.2) is 24.7 Å². The van der Waals surface area contributed by atoms with E-state index in [2.05, 4.69) is 15.3 Å². The van der Waals surface area contributed by atoms with Crippen LogP contribution in [0.4, 0.5) is 0 Å². The zero-order chi connectivity index (χ0) is 17.4. The molecular weight excluding hydrogens is 322 g/mol. The van der Waals surface area contributed by atoms with Crippen LogP contribution in [0.5, 0.6) is 0 Å². The van der Waals surface area contributed by atoms with Crippen LogP contribution in [0.3, 0.4) is 0 Å². The van der Waals surface area contributed by atoms with Crippen LogP contribution in [0.1, 0.15) is 16.2 Å². The highest BCUT2D eigenvalue weighted by Gasteiger charge is 2.11. The number of fused-ring (bicyclic) bond motifs is 2. The number of rotatable bonds is 3. The molecule has 2 N–H and O–H groups in total. The largest absolute Gasteiger partial charge is 0.345 e. The summed E-state index contributed by atoms with van der Waals surface area (Å²) >= 11 is 0. The van der Waals surface area contributed by atoms with Crippen molar-refractivity contribution in [1.82, 2.24) is 24.1 Å². The van der Waals surface area contributed by atoms with E-state index in [1.807, 2.05) is 0 Å². The van der Waals surface area contributed by atoms with Crippen molar-refractivity contribution in [3.05, 3.63) is 87.0 Å². The Balaban J connectivity index is 1.57. The summed E-state index contributed by atoms with van der Waals surface area (Å²) in [5.74, 6) is -0.448. The first-order valence-electron chi connectivity index (χ1n) is 7.57. The molecule has 0 aliphatic rings. The van der Waals surface area contributed by atoms with Crippen LogP contribution in [0.2, 0.25) is 0 Å². The van der Waals surface area contributed by atoms with E-state index in [1.54, 1.807) is 41.2 Å². The first-order chi connectivity index (χ1) is 12.1. The molecule has 4 aromatic heterocycles.